The molecule has 1 aliphatic heterocycles. The number of carbonyl (C=O) groups excluding carboxylic acids is 1. The molecule has 1 aliphatic rings. The van der Waals surface area contributed by atoms with Crippen LogP contribution in [0.1, 0.15) is 12.8 Å². The maximum absolute atomic E-state index is 11.7. The number of nitrogens with zero attached hydrogens (tertiary/aromatic N) is 1. The van der Waals surface area contributed by atoms with E-state index in [1.165, 1.54) is 7.11 Å². The van der Waals surface area contributed by atoms with Crippen LogP contribution in [0.5, 0.6) is 0 Å². The van der Waals surface area contributed by atoms with Crippen LogP contribution in [-0.4, -0.2) is 38.3 Å². The molecule has 0 unspecified atom stereocenters. The van der Waals surface area contributed by atoms with Gasteiger partial charge in [-0.25, -0.2) is 0 Å². The molecule has 0 aromatic heterocycles. The first-order valence-electron chi connectivity index (χ1n) is 4.66. The molecule has 2 N–H and O–H groups in total. The Kier molecular flexibility index (Phi) is 3.86. The summed E-state index contributed by atoms with van der Waals surface area (Å²) in [6, 6.07) is 1.88. The van der Waals surface area contributed by atoms with Gasteiger partial charge in [0.2, 0.25) is 0 Å². The predicted octanol–water partition coefficient (Wildman–Crippen LogP) is -0.605. The summed E-state index contributed by atoms with van der Waals surface area (Å²) in [6.07, 6.45) is 1.31. The van der Waals surface area contributed by atoms with E-state index in [0.29, 0.717) is 12.8 Å². The highest BCUT2D eigenvalue weighted by Gasteiger charge is 2.39. The third kappa shape index (κ3) is 2.22. The molecule has 0 bridgehead atoms. The Balaban J connectivity index is 2.58. The lowest BCUT2D eigenvalue weighted by molar-refractivity contribution is -0.146. The fraction of sp³-hybridized carbons (Fsp3) is 0.778. The molecule has 5 nitrogen and oxygen atoms in total. The van der Waals surface area contributed by atoms with E-state index in [0.717, 1.165) is 13.1 Å². The van der Waals surface area contributed by atoms with Crippen molar-refractivity contribution < 1.29 is 9.53 Å². The highest BCUT2D eigenvalue weighted by molar-refractivity contribution is 5.85. The van der Waals surface area contributed by atoms with Crippen LogP contribution in [0.4, 0.5) is 0 Å². The number of nitriles is 1. The summed E-state index contributed by atoms with van der Waals surface area (Å²) in [5, 5.41) is 14.1. The van der Waals surface area contributed by atoms with Crippen LogP contribution in [0.25, 0.3) is 0 Å². The molecule has 5 heteroatoms. The number of nitrogens with one attached hydrogen (secondary N) is 2. The molecular weight excluding hydrogens is 182 g/mol. The van der Waals surface area contributed by atoms with Crippen molar-refractivity contribution in [3.05, 3.63) is 0 Å². The van der Waals surface area contributed by atoms with E-state index in [1.54, 1.807) is 0 Å². The molecule has 0 saturated carbocycles. The number of carbonyl (C=O) groups is 1. The van der Waals surface area contributed by atoms with E-state index >= 15 is 0 Å². The van der Waals surface area contributed by atoms with Crippen LogP contribution in [0, 0.1) is 11.3 Å². The van der Waals surface area contributed by atoms with Crippen molar-refractivity contribution in [3.8, 4) is 6.07 Å². The van der Waals surface area contributed by atoms with Crippen LogP contribution >= 0.6 is 0 Å². The van der Waals surface area contributed by atoms with Gasteiger partial charge in [0.15, 0.2) is 0 Å². The maximum atomic E-state index is 11.7. The van der Waals surface area contributed by atoms with Crippen molar-refractivity contribution >= 4 is 5.91 Å². The van der Waals surface area contributed by atoms with Gasteiger partial charge in [-0.15, -0.1) is 0 Å². The molecular formula is C9H15N3O2. The summed E-state index contributed by atoms with van der Waals surface area (Å²) < 4.78 is 5.28. The molecule has 1 rings (SSSR count). The van der Waals surface area contributed by atoms with E-state index in [-0.39, 0.29) is 12.5 Å². The van der Waals surface area contributed by atoms with Gasteiger partial charge in [0.05, 0.1) is 6.07 Å². The van der Waals surface area contributed by atoms with Gasteiger partial charge in [-0.3, -0.25) is 4.79 Å². The van der Waals surface area contributed by atoms with Crippen molar-refractivity contribution in [3.63, 3.8) is 0 Å². The number of hydrogen-bond acceptors (Lipinski definition) is 4. The average molecular weight is 197 g/mol. The van der Waals surface area contributed by atoms with E-state index in [1.807, 2.05) is 6.07 Å². The van der Waals surface area contributed by atoms with Gasteiger partial charge in [0.25, 0.3) is 5.91 Å². The van der Waals surface area contributed by atoms with E-state index < -0.39 is 5.60 Å². The van der Waals surface area contributed by atoms with Crippen molar-refractivity contribution in [2.75, 3.05) is 26.7 Å². The summed E-state index contributed by atoms with van der Waals surface area (Å²) >= 11 is 0. The van der Waals surface area contributed by atoms with Crippen molar-refractivity contribution in [1.82, 2.24) is 10.6 Å². The molecule has 0 atom stereocenters. The Hall–Kier alpha value is -1.12. The number of rotatable bonds is 3. The Morgan fingerprint density at radius 2 is 2.29 bits per heavy atom. The topological polar surface area (TPSA) is 74.1 Å². The number of amides is 1. The second-order valence-electron chi connectivity index (χ2n) is 3.29. The summed E-state index contributed by atoms with van der Waals surface area (Å²) in [5.74, 6) is -0.178. The van der Waals surface area contributed by atoms with Gasteiger partial charge in [0, 0.05) is 7.11 Å². The minimum Gasteiger partial charge on any atom is -0.368 e. The zero-order valence-corrected chi connectivity index (χ0v) is 8.30. The van der Waals surface area contributed by atoms with E-state index in [4.69, 9.17) is 10.00 Å². The Morgan fingerprint density at radius 1 is 1.64 bits per heavy atom. The average Bonchev–Trinajstić information content (AvgIpc) is 2.26. The zero-order chi connectivity index (χ0) is 10.4. The van der Waals surface area contributed by atoms with Crippen molar-refractivity contribution in [2.45, 2.75) is 18.4 Å². The zero-order valence-electron chi connectivity index (χ0n) is 8.30. The number of ether oxygens (including phenoxy) is 1. The molecule has 0 spiro atoms. The van der Waals surface area contributed by atoms with Crippen LogP contribution < -0.4 is 10.6 Å². The minimum absolute atomic E-state index is 0.0391. The lowest BCUT2D eigenvalue weighted by atomic mass is 9.91. The first kappa shape index (κ1) is 11.0. The third-order valence-corrected chi connectivity index (χ3v) is 2.54. The van der Waals surface area contributed by atoms with Gasteiger partial charge in [-0.1, -0.05) is 0 Å². The van der Waals surface area contributed by atoms with Crippen molar-refractivity contribution in [1.29, 1.82) is 5.26 Å². The standard InChI is InChI=1S/C9H15N3O2/c1-14-9(2-5-11-6-3-9)8(13)12-7-4-10/h11H,2-3,5-7H2,1H3,(H,12,13). The Bertz CT molecular complexity index is 241. The highest BCUT2D eigenvalue weighted by atomic mass is 16.5. The highest BCUT2D eigenvalue weighted by Crippen LogP contribution is 2.22. The third-order valence-electron chi connectivity index (χ3n) is 2.54. The molecule has 1 saturated heterocycles. The molecule has 0 aromatic rings. The Morgan fingerprint density at radius 3 is 2.79 bits per heavy atom. The molecule has 0 aromatic carbocycles. The van der Waals surface area contributed by atoms with Gasteiger partial charge < -0.3 is 15.4 Å². The second-order valence-corrected chi connectivity index (χ2v) is 3.29. The maximum Gasteiger partial charge on any atom is 0.253 e. The summed E-state index contributed by atoms with van der Waals surface area (Å²) in [7, 11) is 1.54. The van der Waals surface area contributed by atoms with Crippen LogP contribution in [0.3, 0.4) is 0 Å². The molecule has 14 heavy (non-hydrogen) atoms. The fourth-order valence-electron chi connectivity index (χ4n) is 1.64. The smallest absolute Gasteiger partial charge is 0.253 e. The quantitative estimate of drug-likeness (QED) is 0.592. The Labute approximate surface area is 83.4 Å². The lowest BCUT2D eigenvalue weighted by Crippen LogP contribution is -2.54. The van der Waals surface area contributed by atoms with Crippen molar-refractivity contribution in [2.24, 2.45) is 0 Å². The number of hydrogen-bond donors (Lipinski definition) is 2. The minimum atomic E-state index is -0.734. The van der Waals surface area contributed by atoms with Crippen LogP contribution in [0.15, 0.2) is 0 Å². The SMILES string of the molecule is COC1(C(=O)NCC#N)CCNCC1. The summed E-state index contributed by atoms with van der Waals surface area (Å²) in [6.45, 7) is 1.58. The second kappa shape index (κ2) is 4.94. The largest absolute Gasteiger partial charge is 0.368 e. The summed E-state index contributed by atoms with van der Waals surface area (Å²) in [4.78, 5) is 11.7. The number of piperidine rings is 1. The lowest BCUT2D eigenvalue weighted by Gasteiger charge is -2.34. The predicted molar refractivity (Wildman–Crippen MR) is 50.5 cm³/mol. The molecule has 78 valence electrons. The van der Waals surface area contributed by atoms with Crippen LogP contribution in [-0.2, 0) is 9.53 Å². The first-order chi connectivity index (χ1) is 6.75. The molecule has 1 fully saturated rings. The molecule has 1 heterocycles. The first-order valence-corrected chi connectivity index (χ1v) is 4.66. The normalized spacial score (nSPS) is 19.7. The van der Waals surface area contributed by atoms with E-state index in [9.17, 15) is 4.79 Å². The fourth-order valence-corrected chi connectivity index (χ4v) is 1.64. The van der Waals surface area contributed by atoms with Gasteiger partial charge >= 0.3 is 0 Å². The van der Waals surface area contributed by atoms with Gasteiger partial charge in [0.1, 0.15) is 12.1 Å². The number of methoxy groups -OCH3 is 1. The molecule has 1 amide bonds. The monoisotopic (exact) mass is 197 g/mol. The molecule has 0 radical (unpaired) electrons. The van der Waals surface area contributed by atoms with Gasteiger partial charge in [-0.2, -0.15) is 5.26 Å². The molecule has 0 aliphatic carbocycles. The van der Waals surface area contributed by atoms with Gasteiger partial charge in [-0.05, 0) is 25.9 Å². The van der Waals surface area contributed by atoms with E-state index in [2.05, 4.69) is 10.6 Å². The van der Waals surface area contributed by atoms with Crippen LogP contribution in [0.2, 0.25) is 0 Å². The summed E-state index contributed by atoms with van der Waals surface area (Å²) in [5.41, 5.74) is -0.734.